The topological polar surface area (TPSA) is 121 Å². The summed E-state index contributed by atoms with van der Waals surface area (Å²) in [5.74, 6) is -0.195. The number of alkyl carbamates (subject to hydrolysis) is 1. The molecule has 0 saturated carbocycles. The maximum Gasteiger partial charge on any atom is 0.407 e. The van der Waals surface area contributed by atoms with Gasteiger partial charge in [-0.05, 0) is 64.1 Å². The second kappa shape index (κ2) is 12.3. The number of amides is 1. The summed E-state index contributed by atoms with van der Waals surface area (Å²) in [5, 5.41) is 11.6. The van der Waals surface area contributed by atoms with Crippen molar-refractivity contribution in [3.8, 4) is 17.3 Å². The number of aromatic nitrogens is 5. The maximum atomic E-state index is 16.8. The van der Waals surface area contributed by atoms with E-state index < -0.39 is 29.2 Å². The predicted molar refractivity (Wildman–Crippen MR) is 175 cm³/mol. The van der Waals surface area contributed by atoms with Crippen molar-refractivity contribution in [2.45, 2.75) is 76.5 Å². The number of nitrogens with zero attached hydrogens (tertiary/aromatic N) is 6. The minimum atomic E-state index is -0.915. The fourth-order valence-electron chi connectivity index (χ4n) is 7.62. The minimum absolute atomic E-state index is 0.00551. The molecule has 0 unspecified atom stereocenters. The van der Waals surface area contributed by atoms with Gasteiger partial charge in [0.15, 0.2) is 5.82 Å². The number of carbonyl (C=O) groups excluding carboxylic acids is 1. The highest BCUT2D eigenvalue weighted by Crippen LogP contribution is 2.42. The van der Waals surface area contributed by atoms with Gasteiger partial charge in [-0.15, -0.1) is 0 Å². The number of piperidine rings is 1. The standard InChI is InChI=1S/C33H39ClF2N8O3/c1-4-11-46-31(45)41-32(3)7-5-9-43(17-32)29-22-14-37-28(25-19(2)23(34)12-24-21(25)15-38-42-24)26(36)27(22)39-30(40-29)47-18-33-8-6-10-44(33)16-20(35)13-33/h12,14-15,20H,4-11,13,16-18H2,1-3H3,(H,38,42)(H,41,45)/t20-,32-,33+/m1/s1. The van der Waals surface area contributed by atoms with Crippen LogP contribution in [0, 0.1) is 12.7 Å². The Hall–Kier alpha value is -3.84. The molecule has 3 aromatic heterocycles. The lowest BCUT2D eigenvalue weighted by molar-refractivity contribution is 0.107. The van der Waals surface area contributed by atoms with Crippen molar-refractivity contribution in [1.29, 1.82) is 0 Å². The van der Waals surface area contributed by atoms with Crippen LogP contribution in [0.5, 0.6) is 6.01 Å². The molecule has 0 spiro atoms. The van der Waals surface area contributed by atoms with Crippen molar-refractivity contribution in [2.75, 3.05) is 44.3 Å². The Bertz CT molecular complexity index is 1840. The second-order valence-corrected chi connectivity index (χ2v) is 13.8. The van der Waals surface area contributed by atoms with Gasteiger partial charge in [0.1, 0.15) is 29.8 Å². The van der Waals surface area contributed by atoms with Crippen LogP contribution in [0.3, 0.4) is 0 Å². The number of hydrogen-bond donors (Lipinski definition) is 2. The van der Waals surface area contributed by atoms with Crippen molar-refractivity contribution >= 4 is 45.3 Å². The molecule has 0 radical (unpaired) electrons. The van der Waals surface area contributed by atoms with E-state index in [1.54, 1.807) is 18.5 Å². The van der Waals surface area contributed by atoms with E-state index in [0.717, 1.165) is 38.6 Å². The Labute approximate surface area is 276 Å². The zero-order valence-electron chi connectivity index (χ0n) is 26.8. The molecule has 14 heteroatoms. The highest BCUT2D eigenvalue weighted by Gasteiger charge is 2.49. The van der Waals surface area contributed by atoms with E-state index in [-0.39, 0.29) is 23.8 Å². The molecule has 250 valence electrons. The van der Waals surface area contributed by atoms with Crippen LogP contribution in [0.15, 0.2) is 18.5 Å². The van der Waals surface area contributed by atoms with E-state index in [4.69, 9.17) is 26.1 Å². The summed E-state index contributed by atoms with van der Waals surface area (Å²) in [6.45, 7) is 8.45. The number of fused-ring (bicyclic) bond motifs is 3. The number of carbonyl (C=O) groups is 1. The van der Waals surface area contributed by atoms with Gasteiger partial charge in [-0.2, -0.15) is 15.1 Å². The van der Waals surface area contributed by atoms with Crippen molar-refractivity contribution < 1.29 is 23.0 Å². The van der Waals surface area contributed by atoms with Gasteiger partial charge >= 0.3 is 12.1 Å². The van der Waals surface area contributed by atoms with Crippen LogP contribution >= 0.6 is 11.6 Å². The minimum Gasteiger partial charge on any atom is -0.461 e. The number of benzene rings is 1. The third-order valence-electron chi connectivity index (χ3n) is 9.89. The lowest BCUT2D eigenvalue weighted by Crippen LogP contribution is -2.57. The van der Waals surface area contributed by atoms with E-state index in [9.17, 15) is 9.18 Å². The fraction of sp³-hybridized carbons (Fsp3) is 0.545. The van der Waals surface area contributed by atoms with Crippen LogP contribution in [-0.4, -0.2) is 92.8 Å². The van der Waals surface area contributed by atoms with E-state index >= 15 is 4.39 Å². The zero-order valence-corrected chi connectivity index (χ0v) is 27.6. The van der Waals surface area contributed by atoms with Gasteiger partial charge in [-0.25, -0.2) is 13.6 Å². The molecule has 0 bridgehead atoms. The van der Waals surface area contributed by atoms with E-state index in [1.165, 1.54) is 0 Å². The summed E-state index contributed by atoms with van der Waals surface area (Å²) in [6.07, 6.45) is 6.17. The van der Waals surface area contributed by atoms with Gasteiger partial charge in [0, 0.05) is 48.2 Å². The summed E-state index contributed by atoms with van der Waals surface area (Å²) in [7, 11) is 0. The van der Waals surface area contributed by atoms with Gasteiger partial charge in [-0.1, -0.05) is 18.5 Å². The van der Waals surface area contributed by atoms with Crippen molar-refractivity contribution in [3.63, 3.8) is 0 Å². The summed E-state index contributed by atoms with van der Waals surface area (Å²) in [4.78, 5) is 30.8. The Kier molecular flexibility index (Phi) is 8.32. The summed E-state index contributed by atoms with van der Waals surface area (Å²) < 4.78 is 42.9. The zero-order chi connectivity index (χ0) is 32.9. The SMILES string of the molecule is CCCOC(=O)N[C@]1(C)CCCN(c2nc(OC[C@@]34CCCN3C[C@H](F)C4)nc3c(F)c(-c4c(C)c(Cl)cc5[nH]ncc45)ncc23)C1. The average molecular weight is 669 g/mol. The molecule has 11 nitrogen and oxygen atoms in total. The molecule has 1 amide bonds. The van der Waals surface area contributed by atoms with E-state index in [2.05, 4.69) is 30.4 Å². The Morgan fingerprint density at radius 3 is 2.87 bits per heavy atom. The van der Waals surface area contributed by atoms with Crippen LogP contribution < -0.4 is 15.0 Å². The number of rotatable bonds is 8. The molecule has 3 aliphatic rings. The van der Waals surface area contributed by atoms with Crippen molar-refractivity contribution in [1.82, 2.24) is 35.4 Å². The second-order valence-electron chi connectivity index (χ2n) is 13.4. The first kappa shape index (κ1) is 31.7. The highest BCUT2D eigenvalue weighted by atomic mass is 35.5. The third kappa shape index (κ3) is 5.81. The van der Waals surface area contributed by atoms with Crippen molar-refractivity contribution in [3.05, 3.63) is 34.9 Å². The summed E-state index contributed by atoms with van der Waals surface area (Å²) in [6, 6.07) is 1.76. The smallest absolute Gasteiger partial charge is 0.407 e. The Balaban J connectivity index is 1.31. The molecule has 47 heavy (non-hydrogen) atoms. The molecule has 3 aliphatic heterocycles. The number of pyridine rings is 1. The molecule has 3 atom stereocenters. The largest absolute Gasteiger partial charge is 0.461 e. The third-order valence-corrected chi connectivity index (χ3v) is 10.3. The van der Waals surface area contributed by atoms with Gasteiger partial charge in [0.2, 0.25) is 0 Å². The molecule has 3 saturated heterocycles. The number of halogens is 3. The number of hydrogen-bond acceptors (Lipinski definition) is 9. The molecule has 0 aliphatic carbocycles. The monoisotopic (exact) mass is 668 g/mol. The number of alkyl halides is 1. The van der Waals surface area contributed by atoms with Crippen LogP contribution in [0.4, 0.5) is 19.4 Å². The molecule has 7 rings (SSSR count). The number of aromatic amines is 1. The first-order valence-electron chi connectivity index (χ1n) is 16.3. The summed E-state index contributed by atoms with van der Waals surface area (Å²) >= 11 is 6.55. The number of H-pyrrole nitrogens is 1. The van der Waals surface area contributed by atoms with Crippen LogP contribution in [-0.2, 0) is 4.74 Å². The van der Waals surface area contributed by atoms with Crippen LogP contribution in [0.2, 0.25) is 5.02 Å². The predicted octanol–water partition coefficient (Wildman–Crippen LogP) is 6.12. The van der Waals surface area contributed by atoms with Gasteiger partial charge in [0.05, 0.1) is 34.8 Å². The first-order chi connectivity index (χ1) is 22.6. The van der Waals surface area contributed by atoms with E-state index in [1.807, 2.05) is 25.7 Å². The first-order valence-corrected chi connectivity index (χ1v) is 16.7. The molecule has 3 fully saturated rings. The lowest BCUT2D eigenvalue weighted by atomic mass is 9.91. The average Bonchev–Trinajstić information content (AvgIpc) is 3.74. The normalized spacial score (nSPS) is 24.6. The Morgan fingerprint density at radius 1 is 1.21 bits per heavy atom. The molecule has 6 heterocycles. The molecule has 4 aromatic rings. The lowest BCUT2D eigenvalue weighted by Gasteiger charge is -2.41. The van der Waals surface area contributed by atoms with Crippen LogP contribution in [0.1, 0.15) is 57.9 Å². The number of nitrogens with one attached hydrogen (secondary N) is 2. The fourth-order valence-corrected chi connectivity index (χ4v) is 7.82. The number of ether oxygens (including phenoxy) is 2. The van der Waals surface area contributed by atoms with Gasteiger partial charge in [0.25, 0.3) is 0 Å². The highest BCUT2D eigenvalue weighted by molar-refractivity contribution is 6.32. The van der Waals surface area contributed by atoms with Gasteiger partial charge in [-0.3, -0.25) is 15.0 Å². The molecular weight excluding hydrogens is 630 g/mol. The molecule has 1 aromatic carbocycles. The summed E-state index contributed by atoms with van der Waals surface area (Å²) in [5.41, 5.74) is 0.906. The number of anilines is 1. The van der Waals surface area contributed by atoms with Crippen LogP contribution in [0.25, 0.3) is 33.1 Å². The Morgan fingerprint density at radius 2 is 2.04 bits per heavy atom. The quantitative estimate of drug-likeness (QED) is 0.229. The molecule has 2 N–H and O–H groups in total. The molecular formula is C33H39ClF2N8O3. The maximum absolute atomic E-state index is 16.8. The van der Waals surface area contributed by atoms with E-state index in [0.29, 0.717) is 70.9 Å². The van der Waals surface area contributed by atoms with Gasteiger partial charge < -0.3 is 19.7 Å². The van der Waals surface area contributed by atoms with Crippen molar-refractivity contribution in [2.24, 2.45) is 0 Å².